The van der Waals surface area contributed by atoms with E-state index >= 15 is 0 Å². The first-order valence-corrected chi connectivity index (χ1v) is 7.91. The summed E-state index contributed by atoms with van der Waals surface area (Å²) in [5.74, 6) is -0.123. The Morgan fingerprint density at radius 2 is 2.00 bits per heavy atom. The van der Waals surface area contributed by atoms with E-state index in [1.165, 1.54) is 11.3 Å². The van der Waals surface area contributed by atoms with Crippen LogP contribution in [0.4, 0.5) is 5.69 Å². The average Bonchev–Trinajstić information content (AvgIpc) is 3.07. The number of carbonyl (C=O) groups excluding carboxylic acids is 2. The molecule has 0 aliphatic carbocycles. The molecular formula is C16H20ClN3O2S. The lowest BCUT2D eigenvalue weighted by Gasteiger charge is -2.11. The van der Waals surface area contributed by atoms with E-state index in [1.54, 1.807) is 30.3 Å². The molecule has 1 atom stereocenters. The molecule has 2 rings (SSSR count). The molecule has 0 bridgehead atoms. The van der Waals surface area contributed by atoms with E-state index in [0.717, 1.165) is 0 Å². The van der Waals surface area contributed by atoms with E-state index < -0.39 is 0 Å². The van der Waals surface area contributed by atoms with Crippen molar-refractivity contribution in [3.63, 3.8) is 0 Å². The molecule has 0 aliphatic heterocycles. The van der Waals surface area contributed by atoms with Crippen LogP contribution in [0.1, 0.15) is 27.0 Å². The van der Waals surface area contributed by atoms with Crippen molar-refractivity contribution in [1.29, 1.82) is 0 Å². The zero-order valence-electron chi connectivity index (χ0n) is 12.7. The quantitative estimate of drug-likeness (QED) is 0.746. The van der Waals surface area contributed by atoms with Gasteiger partial charge in [0.1, 0.15) is 0 Å². The van der Waals surface area contributed by atoms with Crippen molar-refractivity contribution in [2.24, 2.45) is 11.7 Å². The molecule has 1 aromatic carbocycles. The minimum atomic E-state index is -0.177. The molecule has 1 heterocycles. The van der Waals surface area contributed by atoms with Crippen LogP contribution in [-0.4, -0.2) is 24.9 Å². The minimum absolute atomic E-state index is 0. The topological polar surface area (TPSA) is 84.2 Å². The Labute approximate surface area is 145 Å². The molecule has 23 heavy (non-hydrogen) atoms. The maximum atomic E-state index is 12.1. The molecule has 1 aromatic heterocycles. The van der Waals surface area contributed by atoms with Gasteiger partial charge in [-0.3, -0.25) is 9.59 Å². The van der Waals surface area contributed by atoms with Crippen molar-refractivity contribution < 1.29 is 9.59 Å². The van der Waals surface area contributed by atoms with Crippen molar-refractivity contribution in [3.05, 3.63) is 52.2 Å². The molecule has 0 saturated carbocycles. The molecule has 0 spiro atoms. The highest BCUT2D eigenvalue weighted by Gasteiger charge is 2.10. The van der Waals surface area contributed by atoms with Gasteiger partial charge in [0.2, 0.25) is 0 Å². The molecule has 4 N–H and O–H groups in total. The second-order valence-electron chi connectivity index (χ2n) is 5.06. The number of rotatable bonds is 6. The van der Waals surface area contributed by atoms with E-state index in [-0.39, 0.29) is 30.1 Å². The number of halogens is 1. The first-order valence-electron chi connectivity index (χ1n) is 7.03. The van der Waals surface area contributed by atoms with Gasteiger partial charge in [-0.1, -0.05) is 19.1 Å². The van der Waals surface area contributed by atoms with Gasteiger partial charge < -0.3 is 16.4 Å². The summed E-state index contributed by atoms with van der Waals surface area (Å²) in [6.45, 7) is 3.02. The number of benzene rings is 1. The van der Waals surface area contributed by atoms with Gasteiger partial charge in [-0.25, -0.2) is 0 Å². The van der Waals surface area contributed by atoms with E-state index in [9.17, 15) is 9.59 Å². The van der Waals surface area contributed by atoms with Gasteiger partial charge in [-0.2, -0.15) is 0 Å². The van der Waals surface area contributed by atoms with E-state index in [4.69, 9.17) is 5.73 Å². The highest BCUT2D eigenvalue weighted by Crippen LogP contribution is 2.15. The number of anilines is 1. The van der Waals surface area contributed by atoms with Crippen LogP contribution in [-0.2, 0) is 0 Å². The lowest BCUT2D eigenvalue weighted by molar-refractivity contribution is 0.0947. The lowest BCUT2D eigenvalue weighted by Crippen LogP contribution is -2.31. The molecule has 0 fully saturated rings. The van der Waals surface area contributed by atoms with Gasteiger partial charge >= 0.3 is 0 Å². The summed E-state index contributed by atoms with van der Waals surface area (Å²) in [6.07, 6.45) is 0. The fourth-order valence-corrected chi connectivity index (χ4v) is 2.41. The molecule has 7 heteroatoms. The molecule has 124 valence electrons. The molecule has 2 aromatic rings. The van der Waals surface area contributed by atoms with Crippen molar-refractivity contribution >= 4 is 41.2 Å². The summed E-state index contributed by atoms with van der Waals surface area (Å²) in [5, 5.41) is 7.46. The maximum absolute atomic E-state index is 12.1. The Morgan fingerprint density at radius 3 is 2.65 bits per heavy atom. The van der Waals surface area contributed by atoms with Crippen molar-refractivity contribution in [2.45, 2.75) is 6.92 Å². The number of hydrogen-bond donors (Lipinski definition) is 3. The van der Waals surface area contributed by atoms with Crippen LogP contribution in [0.2, 0.25) is 0 Å². The second kappa shape index (κ2) is 9.29. The van der Waals surface area contributed by atoms with E-state index in [2.05, 4.69) is 10.6 Å². The molecule has 1 unspecified atom stereocenters. The predicted octanol–water partition coefficient (Wildman–Crippen LogP) is 2.75. The summed E-state index contributed by atoms with van der Waals surface area (Å²) in [6, 6.07) is 10.4. The summed E-state index contributed by atoms with van der Waals surface area (Å²) < 4.78 is 0. The largest absolute Gasteiger partial charge is 0.352 e. The van der Waals surface area contributed by atoms with Crippen LogP contribution in [0, 0.1) is 5.92 Å². The zero-order valence-corrected chi connectivity index (χ0v) is 14.4. The number of amides is 2. The van der Waals surface area contributed by atoms with Crippen molar-refractivity contribution in [2.75, 3.05) is 18.4 Å². The highest BCUT2D eigenvalue weighted by molar-refractivity contribution is 7.12. The average molecular weight is 354 g/mol. The highest BCUT2D eigenvalue weighted by atomic mass is 35.5. The third-order valence-electron chi connectivity index (χ3n) is 3.14. The second-order valence-corrected chi connectivity index (χ2v) is 6.01. The van der Waals surface area contributed by atoms with Gasteiger partial charge in [0.05, 0.1) is 4.88 Å². The normalized spacial score (nSPS) is 11.2. The smallest absolute Gasteiger partial charge is 0.265 e. The summed E-state index contributed by atoms with van der Waals surface area (Å²) >= 11 is 1.37. The van der Waals surface area contributed by atoms with Gasteiger partial charge in [0, 0.05) is 17.8 Å². The summed E-state index contributed by atoms with van der Waals surface area (Å²) in [5.41, 5.74) is 6.63. The summed E-state index contributed by atoms with van der Waals surface area (Å²) in [7, 11) is 0. The molecule has 5 nitrogen and oxygen atoms in total. The van der Waals surface area contributed by atoms with Crippen LogP contribution in [0.15, 0.2) is 41.8 Å². The lowest BCUT2D eigenvalue weighted by atomic mass is 10.1. The molecule has 0 saturated heterocycles. The monoisotopic (exact) mass is 353 g/mol. The summed E-state index contributed by atoms with van der Waals surface area (Å²) in [4.78, 5) is 24.7. The van der Waals surface area contributed by atoms with Crippen LogP contribution in [0.3, 0.4) is 0 Å². The number of thiophene rings is 1. The third kappa shape index (κ3) is 5.67. The Balaban J connectivity index is 0.00000264. The minimum Gasteiger partial charge on any atom is -0.352 e. The molecular weight excluding hydrogens is 334 g/mol. The van der Waals surface area contributed by atoms with Gasteiger partial charge in [0.25, 0.3) is 11.8 Å². The Bertz CT molecular complexity index is 647. The fraction of sp³-hybridized carbons (Fsp3) is 0.250. The standard InChI is InChI=1S/C16H19N3O2S.ClH/c1-11(9-17)10-18-15(20)12-4-2-5-13(8-12)19-16(21)14-6-3-7-22-14;/h2-8,11H,9-10,17H2,1H3,(H,18,20)(H,19,21);1H. The fourth-order valence-electron chi connectivity index (χ4n) is 1.79. The number of nitrogens with two attached hydrogens (primary N) is 1. The van der Waals surface area contributed by atoms with Crippen LogP contribution < -0.4 is 16.4 Å². The molecule has 0 radical (unpaired) electrons. The first kappa shape index (κ1) is 19.2. The van der Waals surface area contributed by atoms with Gasteiger partial charge in [-0.05, 0) is 42.1 Å². The van der Waals surface area contributed by atoms with Gasteiger partial charge in [0.15, 0.2) is 0 Å². The number of nitrogens with one attached hydrogen (secondary N) is 2. The Hall–Kier alpha value is -1.89. The van der Waals surface area contributed by atoms with Crippen LogP contribution in [0.5, 0.6) is 0 Å². The zero-order chi connectivity index (χ0) is 15.9. The van der Waals surface area contributed by atoms with E-state index in [1.807, 2.05) is 18.4 Å². The van der Waals surface area contributed by atoms with Crippen molar-refractivity contribution in [3.8, 4) is 0 Å². The van der Waals surface area contributed by atoms with Crippen LogP contribution in [0.25, 0.3) is 0 Å². The SMILES string of the molecule is CC(CN)CNC(=O)c1cccc(NC(=O)c2cccs2)c1.Cl. The van der Waals surface area contributed by atoms with Crippen LogP contribution >= 0.6 is 23.7 Å². The first-order chi connectivity index (χ1) is 10.6. The predicted molar refractivity (Wildman–Crippen MR) is 96.5 cm³/mol. The third-order valence-corrected chi connectivity index (χ3v) is 4.01. The van der Waals surface area contributed by atoms with E-state index in [0.29, 0.717) is 29.2 Å². The Kier molecular flexibility index (Phi) is 7.74. The molecule has 0 aliphatic rings. The van der Waals surface area contributed by atoms with Gasteiger partial charge in [-0.15, -0.1) is 23.7 Å². The Morgan fingerprint density at radius 1 is 1.22 bits per heavy atom. The maximum Gasteiger partial charge on any atom is 0.265 e. The molecule has 2 amide bonds. The number of carbonyl (C=O) groups is 2. The number of hydrogen-bond acceptors (Lipinski definition) is 4. The van der Waals surface area contributed by atoms with Crippen molar-refractivity contribution in [1.82, 2.24) is 5.32 Å².